The van der Waals surface area contributed by atoms with Crippen LogP contribution in [-0.2, 0) is 15.6 Å². The van der Waals surface area contributed by atoms with Crippen LogP contribution in [0.15, 0.2) is 22.7 Å². The fourth-order valence-electron chi connectivity index (χ4n) is 1.57. The van der Waals surface area contributed by atoms with E-state index in [4.69, 9.17) is 4.52 Å². The first-order chi connectivity index (χ1) is 9.82. The molecule has 0 aliphatic heterocycles. The van der Waals surface area contributed by atoms with Crippen LogP contribution in [0.1, 0.15) is 24.7 Å². The molecule has 2 aromatic rings. The van der Waals surface area contributed by atoms with E-state index < -0.39 is 33.4 Å². The van der Waals surface area contributed by atoms with E-state index in [1.807, 2.05) is 0 Å². The van der Waals surface area contributed by atoms with Gasteiger partial charge in [-0.3, -0.25) is 0 Å². The Labute approximate surface area is 118 Å². The number of hydrogen-bond donors (Lipinski definition) is 0. The van der Waals surface area contributed by atoms with Crippen molar-refractivity contribution in [2.24, 2.45) is 0 Å². The Hall–Kier alpha value is -1.90. The predicted octanol–water partition coefficient (Wildman–Crippen LogP) is 2.75. The summed E-state index contributed by atoms with van der Waals surface area (Å²) in [7, 11) is -3.33. The van der Waals surface area contributed by atoms with Gasteiger partial charge in [0.15, 0.2) is 15.7 Å². The van der Waals surface area contributed by atoms with Crippen molar-refractivity contribution in [3.8, 4) is 11.5 Å². The first-order valence-electron chi connectivity index (χ1n) is 5.93. The van der Waals surface area contributed by atoms with Crippen LogP contribution in [0.4, 0.5) is 13.2 Å². The third-order valence-corrected chi connectivity index (χ3v) is 4.32. The zero-order valence-electron chi connectivity index (χ0n) is 10.9. The molecule has 0 bridgehead atoms. The first-order valence-corrected chi connectivity index (χ1v) is 7.75. The van der Waals surface area contributed by atoms with Crippen LogP contribution in [0, 0.1) is 5.82 Å². The molecule has 0 saturated carbocycles. The van der Waals surface area contributed by atoms with Crippen molar-refractivity contribution in [1.82, 2.24) is 10.1 Å². The molecule has 0 saturated heterocycles. The quantitative estimate of drug-likeness (QED) is 0.847. The minimum absolute atomic E-state index is 0.0646. The molecule has 114 valence electrons. The van der Waals surface area contributed by atoms with Gasteiger partial charge in [-0.2, -0.15) is 4.98 Å². The van der Waals surface area contributed by atoms with Gasteiger partial charge >= 0.3 is 0 Å². The van der Waals surface area contributed by atoms with E-state index in [0.29, 0.717) is 0 Å². The molecule has 0 N–H and O–H groups in total. The minimum Gasteiger partial charge on any atom is -0.334 e. The summed E-state index contributed by atoms with van der Waals surface area (Å²) in [4.78, 5) is 3.82. The summed E-state index contributed by atoms with van der Waals surface area (Å²) < 4.78 is 66.0. The number of benzene rings is 1. The summed E-state index contributed by atoms with van der Waals surface area (Å²) >= 11 is 0. The summed E-state index contributed by atoms with van der Waals surface area (Å²) in [6.45, 7) is 1.48. The SMILES string of the molecule is CCS(=O)(=O)Cc1noc(-c2ccc(C(F)F)c(F)c2)n1. The maximum Gasteiger partial charge on any atom is 0.266 e. The second-order valence-electron chi connectivity index (χ2n) is 4.23. The van der Waals surface area contributed by atoms with Crippen LogP contribution >= 0.6 is 0 Å². The molecule has 0 radical (unpaired) electrons. The summed E-state index contributed by atoms with van der Waals surface area (Å²) in [6, 6.07) is 2.96. The third-order valence-electron chi connectivity index (χ3n) is 2.74. The molecular formula is C12H11F3N2O3S. The van der Waals surface area contributed by atoms with Gasteiger partial charge in [-0.1, -0.05) is 12.1 Å². The van der Waals surface area contributed by atoms with Gasteiger partial charge < -0.3 is 4.52 Å². The molecule has 2 rings (SSSR count). The normalized spacial score (nSPS) is 12.0. The van der Waals surface area contributed by atoms with Gasteiger partial charge in [0.05, 0.1) is 5.56 Å². The highest BCUT2D eigenvalue weighted by atomic mass is 32.2. The lowest BCUT2D eigenvalue weighted by Gasteiger charge is -2.02. The smallest absolute Gasteiger partial charge is 0.266 e. The number of aromatic nitrogens is 2. The van der Waals surface area contributed by atoms with Crippen molar-refractivity contribution in [2.75, 3.05) is 5.75 Å². The molecule has 0 aliphatic rings. The lowest BCUT2D eigenvalue weighted by Crippen LogP contribution is -2.07. The number of sulfone groups is 1. The molecule has 0 unspecified atom stereocenters. The molecule has 21 heavy (non-hydrogen) atoms. The van der Waals surface area contributed by atoms with E-state index in [1.165, 1.54) is 13.0 Å². The molecular weight excluding hydrogens is 309 g/mol. The van der Waals surface area contributed by atoms with Gasteiger partial charge in [0.25, 0.3) is 12.3 Å². The Balaban J connectivity index is 2.28. The zero-order chi connectivity index (χ0) is 15.6. The van der Waals surface area contributed by atoms with E-state index in [2.05, 4.69) is 10.1 Å². The van der Waals surface area contributed by atoms with Crippen LogP contribution in [-0.4, -0.2) is 24.3 Å². The fraction of sp³-hybridized carbons (Fsp3) is 0.333. The Bertz CT molecular complexity index is 744. The number of halogens is 3. The summed E-state index contributed by atoms with van der Waals surface area (Å²) in [5, 5.41) is 3.48. The number of alkyl halides is 2. The van der Waals surface area contributed by atoms with E-state index in [-0.39, 0.29) is 23.0 Å². The van der Waals surface area contributed by atoms with Crippen molar-refractivity contribution >= 4 is 9.84 Å². The van der Waals surface area contributed by atoms with Gasteiger partial charge in [0, 0.05) is 11.3 Å². The van der Waals surface area contributed by atoms with Crippen molar-refractivity contribution in [3.63, 3.8) is 0 Å². The molecule has 9 heteroatoms. The van der Waals surface area contributed by atoms with Gasteiger partial charge in [0.2, 0.25) is 0 Å². The number of nitrogens with zero attached hydrogens (tertiary/aromatic N) is 2. The third kappa shape index (κ3) is 3.60. The Morgan fingerprint density at radius 2 is 2.05 bits per heavy atom. The molecule has 0 fully saturated rings. The number of rotatable bonds is 5. The molecule has 0 atom stereocenters. The van der Waals surface area contributed by atoms with Gasteiger partial charge in [-0.25, -0.2) is 21.6 Å². The van der Waals surface area contributed by atoms with Crippen molar-refractivity contribution in [1.29, 1.82) is 0 Å². The Morgan fingerprint density at radius 1 is 1.33 bits per heavy atom. The van der Waals surface area contributed by atoms with Crippen molar-refractivity contribution < 1.29 is 26.1 Å². The van der Waals surface area contributed by atoms with Gasteiger partial charge in [-0.15, -0.1) is 0 Å². The largest absolute Gasteiger partial charge is 0.334 e. The molecule has 1 heterocycles. The zero-order valence-corrected chi connectivity index (χ0v) is 11.7. The van der Waals surface area contributed by atoms with Crippen LogP contribution in [0.5, 0.6) is 0 Å². The second kappa shape index (κ2) is 5.84. The molecule has 0 spiro atoms. The predicted molar refractivity (Wildman–Crippen MR) is 67.8 cm³/mol. The van der Waals surface area contributed by atoms with Crippen LogP contribution in [0.2, 0.25) is 0 Å². The summed E-state index contributed by atoms with van der Waals surface area (Å²) in [5.74, 6) is -1.76. The standard InChI is InChI=1S/C12H11F3N2O3S/c1-2-21(18,19)6-10-16-12(20-17-10)7-3-4-8(11(14)15)9(13)5-7/h3-5,11H,2,6H2,1H3. The van der Waals surface area contributed by atoms with Gasteiger partial charge in [-0.05, 0) is 18.2 Å². The highest BCUT2D eigenvalue weighted by Crippen LogP contribution is 2.26. The Morgan fingerprint density at radius 3 is 2.62 bits per heavy atom. The molecule has 1 aromatic carbocycles. The Kier molecular flexibility index (Phi) is 4.31. The lowest BCUT2D eigenvalue weighted by atomic mass is 10.1. The molecule has 0 aliphatic carbocycles. The van der Waals surface area contributed by atoms with E-state index >= 15 is 0 Å². The van der Waals surface area contributed by atoms with Gasteiger partial charge in [0.1, 0.15) is 11.6 Å². The van der Waals surface area contributed by atoms with Crippen molar-refractivity contribution in [3.05, 3.63) is 35.4 Å². The first kappa shape index (κ1) is 15.5. The van der Waals surface area contributed by atoms with E-state index in [0.717, 1.165) is 12.1 Å². The van der Waals surface area contributed by atoms with E-state index in [9.17, 15) is 21.6 Å². The van der Waals surface area contributed by atoms with Crippen LogP contribution in [0.25, 0.3) is 11.5 Å². The highest BCUT2D eigenvalue weighted by Gasteiger charge is 2.18. The minimum atomic E-state index is -3.33. The average molecular weight is 320 g/mol. The monoisotopic (exact) mass is 320 g/mol. The summed E-state index contributed by atoms with van der Waals surface area (Å²) in [6.07, 6.45) is -2.92. The van der Waals surface area contributed by atoms with Crippen molar-refractivity contribution in [2.45, 2.75) is 19.1 Å². The maximum absolute atomic E-state index is 13.5. The topological polar surface area (TPSA) is 73.1 Å². The van der Waals surface area contributed by atoms with E-state index in [1.54, 1.807) is 0 Å². The average Bonchev–Trinajstić information content (AvgIpc) is 2.86. The molecule has 0 amide bonds. The van der Waals surface area contributed by atoms with Crippen LogP contribution < -0.4 is 0 Å². The second-order valence-corrected chi connectivity index (χ2v) is 6.58. The number of hydrogen-bond acceptors (Lipinski definition) is 5. The molecule has 5 nitrogen and oxygen atoms in total. The maximum atomic E-state index is 13.5. The van der Waals surface area contributed by atoms with Crippen LogP contribution in [0.3, 0.4) is 0 Å². The molecule has 1 aromatic heterocycles. The highest BCUT2D eigenvalue weighted by molar-refractivity contribution is 7.90. The fourth-order valence-corrected chi connectivity index (χ4v) is 2.28. The lowest BCUT2D eigenvalue weighted by molar-refractivity contribution is 0.146. The summed E-state index contributed by atoms with van der Waals surface area (Å²) in [5.41, 5.74) is -0.628.